The molecule has 0 spiro atoms. The van der Waals surface area contributed by atoms with Gasteiger partial charge in [0.2, 0.25) is 0 Å². The van der Waals surface area contributed by atoms with Crippen LogP contribution in [0.15, 0.2) is 51.5 Å². The number of halogens is 2. The Morgan fingerprint density at radius 1 is 1.06 bits per heavy atom. The molecule has 2 aromatic carbocycles. The van der Waals surface area contributed by atoms with Crippen molar-refractivity contribution in [3.63, 3.8) is 0 Å². The van der Waals surface area contributed by atoms with E-state index in [4.69, 9.17) is 9.47 Å². The molecule has 0 radical (unpaired) electrons. The Hall–Kier alpha value is -2.49. The highest BCUT2D eigenvalue weighted by molar-refractivity contribution is 9.13. The Balaban J connectivity index is 1.32. The number of carbonyl (C=O) groups is 1. The molecule has 3 aromatic rings. The van der Waals surface area contributed by atoms with Gasteiger partial charge >= 0.3 is 0 Å². The first-order valence-electron chi connectivity index (χ1n) is 11.7. The lowest BCUT2D eigenvalue weighted by atomic mass is 10.1. The summed E-state index contributed by atoms with van der Waals surface area (Å²) < 4.78 is 13.4. The third kappa shape index (κ3) is 5.08. The average Bonchev–Trinajstić information content (AvgIpc) is 3.22. The molecule has 1 aromatic heterocycles. The van der Waals surface area contributed by atoms with E-state index in [1.54, 1.807) is 18.2 Å². The van der Waals surface area contributed by atoms with Crippen LogP contribution in [0.2, 0.25) is 0 Å². The maximum atomic E-state index is 13.3. The second-order valence-electron chi connectivity index (χ2n) is 8.65. The molecule has 0 N–H and O–H groups in total. The van der Waals surface area contributed by atoms with Crippen LogP contribution in [0, 0.1) is 0 Å². The van der Waals surface area contributed by atoms with Crippen molar-refractivity contribution in [3.05, 3.63) is 62.8 Å². The topological polar surface area (TPSA) is 67.8 Å². The summed E-state index contributed by atoms with van der Waals surface area (Å²) >= 11 is 7.08. The molecule has 0 bridgehead atoms. The van der Waals surface area contributed by atoms with E-state index in [9.17, 15) is 4.79 Å². The average molecular weight is 602 g/mol. The predicted molar refractivity (Wildman–Crippen MR) is 142 cm³/mol. The van der Waals surface area contributed by atoms with Crippen molar-refractivity contribution >= 4 is 43.5 Å². The zero-order chi connectivity index (χ0) is 24.4. The maximum Gasteiger partial charge on any atom is 0.277 e. The Morgan fingerprint density at radius 3 is 2.69 bits per heavy atom. The summed E-state index contributed by atoms with van der Waals surface area (Å²) in [7, 11) is 1.62. The number of benzene rings is 2. The molecular weight excluding hydrogens is 576 g/mol. The van der Waals surface area contributed by atoms with E-state index in [2.05, 4.69) is 46.7 Å². The molecule has 3 heterocycles. The van der Waals surface area contributed by atoms with Crippen LogP contribution in [0.3, 0.4) is 0 Å². The van der Waals surface area contributed by atoms with E-state index in [1.165, 1.54) is 19.3 Å². The summed E-state index contributed by atoms with van der Waals surface area (Å²) in [5.41, 5.74) is 2.77. The standard InChI is InChI=1S/C26H26Br2N4O3/c1-34-22-14-18(8-9-21(22)35-13-12-31-10-3-2-4-11-31)32-16-17-15-29-25(30-24(17)26(32)33)19-6-5-7-20(27)23(19)28/h5-9,14-15H,2-4,10-13,16H2,1H3. The number of methoxy groups -OCH3 is 1. The van der Waals surface area contributed by atoms with Crippen LogP contribution in [0.25, 0.3) is 11.4 Å². The SMILES string of the molecule is COc1cc(N2Cc3cnc(-c4cccc(Br)c4Br)nc3C2=O)ccc1OCCN1CCCCC1. The number of hydrogen-bond acceptors (Lipinski definition) is 6. The number of rotatable bonds is 7. The third-order valence-electron chi connectivity index (χ3n) is 6.41. The first-order chi connectivity index (χ1) is 17.0. The summed E-state index contributed by atoms with van der Waals surface area (Å²) in [4.78, 5) is 26.6. The summed E-state index contributed by atoms with van der Waals surface area (Å²) in [6.07, 6.45) is 5.57. The van der Waals surface area contributed by atoms with E-state index in [1.807, 2.05) is 36.4 Å². The number of anilines is 1. The summed E-state index contributed by atoms with van der Waals surface area (Å²) in [6, 6.07) is 11.4. The van der Waals surface area contributed by atoms with Gasteiger partial charge in [-0.15, -0.1) is 0 Å². The highest BCUT2D eigenvalue weighted by Gasteiger charge is 2.32. The summed E-state index contributed by atoms with van der Waals surface area (Å²) in [6.45, 7) is 4.19. The zero-order valence-corrected chi connectivity index (χ0v) is 22.6. The third-order valence-corrected chi connectivity index (χ3v) is 8.45. The number of carbonyl (C=O) groups excluding carboxylic acids is 1. The van der Waals surface area contributed by atoms with Gasteiger partial charge in [0.15, 0.2) is 17.3 Å². The van der Waals surface area contributed by atoms with Crippen LogP contribution in [-0.4, -0.2) is 54.1 Å². The lowest BCUT2D eigenvalue weighted by molar-refractivity contribution is 0.0992. The molecule has 5 rings (SSSR count). The molecule has 1 amide bonds. The van der Waals surface area contributed by atoms with Crippen molar-refractivity contribution in [2.75, 3.05) is 38.3 Å². The van der Waals surface area contributed by atoms with Crippen LogP contribution < -0.4 is 14.4 Å². The van der Waals surface area contributed by atoms with Gasteiger partial charge in [-0.25, -0.2) is 9.97 Å². The van der Waals surface area contributed by atoms with Gasteiger partial charge in [0.1, 0.15) is 12.3 Å². The van der Waals surface area contributed by atoms with Gasteiger partial charge in [0.05, 0.1) is 13.7 Å². The van der Waals surface area contributed by atoms with Gasteiger partial charge in [-0.1, -0.05) is 12.5 Å². The second-order valence-corrected chi connectivity index (χ2v) is 10.3. The fourth-order valence-corrected chi connectivity index (χ4v) is 5.31. The molecule has 0 aliphatic carbocycles. The maximum absolute atomic E-state index is 13.3. The molecular formula is C26H26Br2N4O3. The fourth-order valence-electron chi connectivity index (χ4n) is 4.50. The highest BCUT2D eigenvalue weighted by Crippen LogP contribution is 2.37. The van der Waals surface area contributed by atoms with Gasteiger partial charge < -0.3 is 14.4 Å². The lowest BCUT2D eigenvalue weighted by Gasteiger charge is -2.26. The Labute approximate surface area is 221 Å². The molecule has 0 saturated carbocycles. The fraction of sp³-hybridized carbons (Fsp3) is 0.346. The first-order valence-corrected chi connectivity index (χ1v) is 13.3. The quantitative estimate of drug-likeness (QED) is 0.346. The first kappa shape index (κ1) is 24.2. The van der Waals surface area contributed by atoms with Gasteiger partial charge in [-0.3, -0.25) is 9.69 Å². The van der Waals surface area contributed by atoms with E-state index in [0.717, 1.165) is 45.4 Å². The number of amides is 1. The van der Waals surface area contributed by atoms with Crippen molar-refractivity contribution in [3.8, 4) is 22.9 Å². The number of piperidine rings is 1. The van der Waals surface area contributed by atoms with Crippen molar-refractivity contribution in [1.29, 1.82) is 0 Å². The smallest absolute Gasteiger partial charge is 0.277 e. The van der Waals surface area contributed by atoms with Crippen LogP contribution >= 0.6 is 31.9 Å². The Kier molecular flexibility index (Phi) is 7.36. The molecule has 0 unspecified atom stereocenters. The number of fused-ring (bicyclic) bond motifs is 1. The number of likely N-dealkylation sites (tertiary alicyclic amines) is 1. The monoisotopic (exact) mass is 600 g/mol. The van der Waals surface area contributed by atoms with Gasteiger partial charge in [-0.05, 0) is 82.1 Å². The normalized spacial score (nSPS) is 15.9. The number of aromatic nitrogens is 2. The van der Waals surface area contributed by atoms with E-state index in [0.29, 0.717) is 36.2 Å². The largest absolute Gasteiger partial charge is 0.493 e. The minimum Gasteiger partial charge on any atom is -0.493 e. The summed E-state index contributed by atoms with van der Waals surface area (Å²) in [5.74, 6) is 1.63. The number of hydrogen-bond donors (Lipinski definition) is 0. The van der Waals surface area contributed by atoms with E-state index < -0.39 is 0 Å². The number of ether oxygens (including phenoxy) is 2. The molecule has 1 saturated heterocycles. The van der Waals surface area contributed by atoms with Crippen molar-refractivity contribution in [2.24, 2.45) is 0 Å². The highest BCUT2D eigenvalue weighted by atomic mass is 79.9. The van der Waals surface area contributed by atoms with Gasteiger partial charge in [0, 0.05) is 44.6 Å². The second kappa shape index (κ2) is 10.6. The van der Waals surface area contributed by atoms with Crippen LogP contribution in [-0.2, 0) is 6.54 Å². The molecule has 7 nitrogen and oxygen atoms in total. The molecule has 35 heavy (non-hydrogen) atoms. The van der Waals surface area contributed by atoms with Crippen molar-refractivity contribution in [1.82, 2.24) is 14.9 Å². The minimum atomic E-state index is -0.157. The molecule has 0 atom stereocenters. The molecule has 2 aliphatic rings. The molecule has 182 valence electrons. The molecule has 2 aliphatic heterocycles. The van der Waals surface area contributed by atoms with Crippen LogP contribution in [0.5, 0.6) is 11.5 Å². The lowest BCUT2D eigenvalue weighted by Crippen LogP contribution is -2.33. The van der Waals surface area contributed by atoms with Gasteiger partial charge in [-0.2, -0.15) is 0 Å². The summed E-state index contributed by atoms with van der Waals surface area (Å²) in [5, 5.41) is 0. The van der Waals surface area contributed by atoms with E-state index >= 15 is 0 Å². The molecule has 1 fully saturated rings. The van der Waals surface area contributed by atoms with Crippen molar-refractivity contribution in [2.45, 2.75) is 25.8 Å². The van der Waals surface area contributed by atoms with E-state index in [-0.39, 0.29) is 5.91 Å². The number of nitrogens with zero attached hydrogens (tertiary/aromatic N) is 4. The minimum absolute atomic E-state index is 0.157. The Morgan fingerprint density at radius 2 is 1.89 bits per heavy atom. The van der Waals surface area contributed by atoms with Crippen LogP contribution in [0.1, 0.15) is 35.3 Å². The Bertz CT molecular complexity index is 1250. The van der Waals surface area contributed by atoms with Gasteiger partial charge in [0.25, 0.3) is 5.91 Å². The predicted octanol–water partition coefficient (Wildman–Crippen LogP) is 5.70. The zero-order valence-electron chi connectivity index (χ0n) is 19.5. The van der Waals surface area contributed by atoms with Crippen LogP contribution in [0.4, 0.5) is 5.69 Å². The molecule has 9 heteroatoms. The van der Waals surface area contributed by atoms with Crippen molar-refractivity contribution < 1.29 is 14.3 Å².